The number of hydrogen-bond acceptors (Lipinski definition) is 3. The number of methoxy groups -OCH3 is 1. The number of esters is 1. The fourth-order valence-electron chi connectivity index (χ4n) is 2.11. The number of carbonyl (C=O) groups is 1. The van der Waals surface area contributed by atoms with Gasteiger partial charge in [0, 0.05) is 11.6 Å². The Balaban J connectivity index is 1.93. The first-order chi connectivity index (χ1) is 10.2. The van der Waals surface area contributed by atoms with Crippen molar-refractivity contribution < 1.29 is 9.53 Å². The molecule has 0 aliphatic carbocycles. The smallest absolute Gasteiger partial charge is 0.339 e. The van der Waals surface area contributed by atoms with Crippen molar-refractivity contribution in [2.45, 2.75) is 12.8 Å². The van der Waals surface area contributed by atoms with Crippen molar-refractivity contribution in [1.82, 2.24) is 0 Å². The predicted molar refractivity (Wildman–Crippen MR) is 86.0 cm³/mol. The summed E-state index contributed by atoms with van der Waals surface area (Å²) in [7, 11) is 1.37. The lowest BCUT2D eigenvalue weighted by molar-refractivity contribution is 0.0602. The minimum atomic E-state index is -0.364. The quantitative estimate of drug-likeness (QED) is 0.643. The predicted octanol–water partition coefficient (Wildman–Crippen LogP) is 4.17. The Kier molecular flexibility index (Phi) is 5.64. The Bertz CT molecular complexity index is 599. The summed E-state index contributed by atoms with van der Waals surface area (Å²) in [4.78, 5) is 11.7. The van der Waals surface area contributed by atoms with E-state index >= 15 is 0 Å². The van der Waals surface area contributed by atoms with Gasteiger partial charge < -0.3 is 10.1 Å². The molecule has 2 aromatic carbocycles. The van der Waals surface area contributed by atoms with Crippen LogP contribution in [0.5, 0.6) is 0 Å². The van der Waals surface area contributed by atoms with E-state index in [1.54, 1.807) is 18.2 Å². The largest absolute Gasteiger partial charge is 0.465 e. The second kappa shape index (κ2) is 7.70. The molecule has 0 aliphatic heterocycles. The lowest BCUT2D eigenvalue weighted by atomic mass is 10.1. The van der Waals surface area contributed by atoms with Crippen molar-refractivity contribution >= 4 is 23.3 Å². The second-order valence-corrected chi connectivity index (χ2v) is 5.13. The van der Waals surface area contributed by atoms with Crippen LogP contribution in [0.4, 0.5) is 5.69 Å². The molecular weight excluding hydrogens is 286 g/mol. The van der Waals surface area contributed by atoms with Gasteiger partial charge in [-0.2, -0.15) is 0 Å². The summed E-state index contributed by atoms with van der Waals surface area (Å²) < 4.78 is 4.77. The van der Waals surface area contributed by atoms with Crippen LogP contribution in [0.1, 0.15) is 22.3 Å². The molecule has 0 amide bonds. The third-order valence-corrected chi connectivity index (χ3v) is 3.42. The second-order valence-electron chi connectivity index (χ2n) is 4.70. The van der Waals surface area contributed by atoms with E-state index in [1.807, 2.05) is 18.2 Å². The van der Waals surface area contributed by atoms with Crippen LogP contribution in [-0.4, -0.2) is 19.6 Å². The maximum absolute atomic E-state index is 11.7. The highest BCUT2D eigenvalue weighted by Crippen LogP contribution is 2.22. The van der Waals surface area contributed by atoms with Gasteiger partial charge in [0.05, 0.1) is 18.4 Å². The van der Waals surface area contributed by atoms with Crippen molar-refractivity contribution in [1.29, 1.82) is 0 Å². The Morgan fingerprint density at radius 1 is 1.19 bits per heavy atom. The number of carbonyl (C=O) groups excluding carboxylic acids is 1. The fourth-order valence-corrected chi connectivity index (χ4v) is 2.28. The summed E-state index contributed by atoms with van der Waals surface area (Å²) in [5.74, 6) is -0.364. The number of ether oxygens (including phenoxy) is 1. The van der Waals surface area contributed by atoms with Gasteiger partial charge in [0.15, 0.2) is 0 Å². The van der Waals surface area contributed by atoms with Gasteiger partial charge in [0.2, 0.25) is 0 Å². The number of aryl methyl sites for hydroxylation is 1. The van der Waals surface area contributed by atoms with Crippen LogP contribution in [-0.2, 0) is 11.2 Å². The third-order valence-electron chi connectivity index (χ3n) is 3.19. The first-order valence-corrected chi connectivity index (χ1v) is 7.24. The molecule has 0 aromatic heterocycles. The average molecular weight is 304 g/mol. The average Bonchev–Trinajstić information content (AvgIpc) is 2.52. The molecule has 1 N–H and O–H groups in total. The monoisotopic (exact) mass is 303 g/mol. The highest BCUT2D eigenvalue weighted by atomic mass is 35.5. The van der Waals surface area contributed by atoms with E-state index < -0.39 is 0 Å². The number of halogens is 1. The van der Waals surface area contributed by atoms with Crippen molar-refractivity contribution in [2.24, 2.45) is 0 Å². The van der Waals surface area contributed by atoms with Crippen molar-refractivity contribution in [3.63, 3.8) is 0 Å². The summed E-state index contributed by atoms with van der Waals surface area (Å²) in [6, 6.07) is 15.4. The van der Waals surface area contributed by atoms with E-state index in [4.69, 9.17) is 16.3 Å². The van der Waals surface area contributed by atoms with Crippen LogP contribution in [0.25, 0.3) is 0 Å². The number of anilines is 1. The highest BCUT2D eigenvalue weighted by Gasteiger charge is 2.11. The van der Waals surface area contributed by atoms with Crippen LogP contribution in [0.2, 0.25) is 5.02 Å². The molecule has 2 aromatic rings. The molecule has 0 spiro atoms. The Morgan fingerprint density at radius 2 is 1.95 bits per heavy atom. The SMILES string of the molecule is COC(=O)c1ccc(Cl)cc1NCCCc1ccccc1. The van der Waals surface area contributed by atoms with Crippen LogP contribution >= 0.6 is 11.6 Å². The minimum Gasteiger partial charge on any atom is -0.465 e. The molecule has 0 saturated heterocycles. The van der Waals surface area contributed by atoms with E-state index in [9.17, 15) is 4.79 Å². The van der Waals surface area contributed by atoms with Crippen molar-refractivity contribution in [3.8, 4) is 0 Å². The summed E-state index contributed by atoms with van der Waals surface area (Å²) in [5.41, 5.74) is 2.52. The van der Waals surface area contributed by atoms with Gasteiger partial charge in [-0.3, -0.25) is 0 Å². The summed E-state index contributed by atoms with van der Waals surface area (Å²) in [6.07, 6.45) is 1.96. The molecular formula is C17H18ClNO2. The number of benzene rings is 2. The zero-order valence-corrected chi connectivity index (χ0v) is 12.7. The van der Waals surface area contributed by atoms with Crippen LogP contribution < -0.4 is 5.32 Å². The zero-order valence-electron chi connectivity index (χ0n) is 11.9. The van der Waals surface area contributed by atoms with Crippen molar-refractivity contribution in [3.05, 3.63) is 64.7 Å². The first-order valence-electron chi connectivity index (χ1n) is 6.86. The van der Waals surface area contributed by atoms with Crippen LogP contribution in [0, 0.1) is 0 Å². The van der Waals surface area contributed by atoms with Crippen LogP contribution in [0.15, 0.2) is 48.5 Å². The van der Waals surface area contributed by atoms with Gasteiger partial charge >= 0.3 is 5.97 Å². The molecule has 2 rings (SSSR count). The van der Waals surface area contributed by atoms with Gasteiger partial charge in [-0.25, -0.2) is 4.79 Å². The highest BCUT2D eigenvalue weighted by molar-refractivity contribution is 6.31. The van der Waals surface area contributed by atoms with Gasteiger partial charge in [-0.05, 0) is 36.6 Å². The van der Waals surface area contributed by atoms with E-state index in [0.29, 0.717) is 16.3 Å². The molecule has 4 heteroatoms. The van der Waals surface area contributed by atoms with E-state index in [1.165, 1.54) is 12.7 Å². The fraction of sp³-hybridized carbons (Fsp3) is 0.235. The maximum atomic E-state index is 11.7. The standard InChI is InChI=1S/C17H18ClNO2/c1-21-17(20)15-10-9-14(18)12-16(15)19-11-5-8-13-6-3-2-4-7-13/h2-4,6-7,9-10,12,19H,5,8,11H2,1H3. The molecule has 0 atom stereocenters. The normalized spacial score (nSPS) is 10.2. The molecule has 0 heterocycles. The van der Waals surface area contributed by atoms with Gasteiger partial charge in [-0.1, -0.05) is 41.9 Å². The number of rotatable bonds is 6. The molecule has 0 unspecified atom stereocenters. The zero-order chi connectivity index (χ0) is 15.1. The Hall–Kier alpha value is -2.00. The molecule has 21 heavy (non-hydrogen) atoms. The molecule has 3 nitrogen and oxygen atoms in total. The number of hydrogen-bond donors (Lipinski definition) is 1. The Labute approximate surface area is 129 Å². The minimum absolute atomic E-state index is 0.364. The lowest BCUT2D eigenvalue weighted by Crippen LogP contribution is -2.09. The van der Waals surface area contributed by atoms with Gasteiger partial charge in [-0.15, -0.1) is 0 Å². The maximum Gasteiger partial charge on any atom is 0.339 e. The summed E-state index contributed by atoms with van der Waals surface area (Å²) in [6.45, 7) is 0.763. The van der Waals surface area contributed by atoms with Gasteiger partial charge in [0.1, 0.15) is 0 Å². The number of nitrogens with one attached hydrogen (secondary N) is 1. The molecule has 0 aliphatic rings. The topological polar surface area (TPSA) is 38.3 Å². The van der Waals surface area contributed by atoms with E-state index in [-0.39, 0.29) is 5.97 Å². The molecule has 110 valence electrons. The molecule has 0 radical (unpaired) electrons. The summed E-state index contributed by atoms with van der Waals surface area (Å²) >= 11 is 5.98. The lowest BCUT2D eigenvalue weighted by Gasteiger charge is -2.11. The first kappa shape index (κ1) is 15.4. The molecule has 0 fully saturated rings. The van der Waals surface area contributed by atoms with Crippen molar-refractivity contribution in [2.75, 3.05) is 19.0 Å². The van der Waals surface area contributed by atoms with Gasteiger partial charge in [0.25, 0.3) is 0 Å². The molecule has 0 saturated carbocycles. The molecule has 0 bridgehead atoms. The third kappa shape index (κ3) is 4.50. The summed E-state index contributed by atoms with van der Waals surface area (Å²) in [5, 5.41) is 3.85. The van der Waals surface area contributed by atoms with E-state index in [0.717, 1.165) is 19.4 Å². The van der Waals surface area contributed by atoms with Crippen LogP contribution in [0.3, 0.4) is 0 Å². The van der Waals surface area contributed by atoms with E-state index in [2.05, 4.69) is 17.4 Å². The Morgan fingerprint density at radius 3 is 2.67 bits per heavy atom.